The molecule has 0 bridgehead atoms. The van der Waals surface area contributed by atoms with Gasteiger partial charge in [0.25, 0.3) is 0 Å². The van der Waals surface area contributed by atoms with Crippen molar-refractivity contribution in [3.63, 3.8) is 0 Å². The molecule has 1 atom stereocenters. The van der Waals surface area contributed by atoms with Gasteiger partial charge in [-0.25, -0.2) is 4.39 Å². The number of nitrogens with one attached hydrogen (secondary N) is 1. The van der Waals surface area contributed by atoms with Crippen LogP contribution in [0.2, 0.25) is 0 Å². The van der Waals surface area contributed by atoms with Gasteiger partial charge < -0.3 is 14.8 Å². The summed E-state index contributed by atoms with van der Waals surface area (Å²) in [6.45, 7) is 2.01. The van der Waals surface area contributed by atoms with E-state index in [1.54, 1.807) is 13.2 Å². The largest absolute Gasteiger partial charge is 0.493 e. The van der Waals surface area contributed by atoms with Crippen LogP contribution in [0, 0.1) is 11.7 Å². The zero-order valence-corrected chi connectivity index (χ0v) is 12.8. The van der Waals surface area contributed by atoms with Crippen molar-refractivity contribution in [2.24, 2.45) is 5.92 Å². The average Bonchev–Trinajstić information content (AvgIpc) is 2.45. The van der Waals surface area contributed by atoms with Crippen molar-refractivity contribution in [2.45, 2.75) is 19.3 Å². The van der Waals surface area contributed by atoms with Gasteiger partial charge in [-0.05, 0) is 65.8 Å². The maximum absolute atomic E-state index is 14.3. The van der Waals surface area contributed by atoms with Crippen molar-refractivity contribution < 1.29 is 13.9 Å². The first-order valence-electron chi connectivity index (χ1n) is 6.47. The van der Waals surface area contributed by atoms with Gasteiger partial charge in [0, 0.05) is 0 Å². The normalized spacial score (nSPS) is 19.3. The van der Waals surface area contributed by atoms with Crippen LogP contribution in [0.3, 0.4) is 0 Å². The lowest BCUT2D eigenvalue weighted by atomic mass is 9.92. The van der Waals surface area contributed by atoms with E-state index in [0.29, 0.717) is 27.5 Å². The van der Waals surface area contributed by atoms with Gasteiger partial charge in [0.1, 0.15) is 5.82 Å². The lowest BCUT2D eigenvalue weighted by Crippen LogP contribution is -2.31. The molecule has 0 spiro atoms. The second-order valence-corrected chi connectivity index (χ2v) is 5.61. The Bertz CT molecular complexity index is 448. The van der Waals surface area contributed by atoms with Crippen LogP contribution in [0.1, 0.15) is 18.4 Å². The Morgan fingerprint density at radius 1 is 1.42 bits per heavy atom. The first-order chi connectivity index (χ1) is 9.17. The van der Waals surface area contributed by atoms with Gasteiger partial charge in [0.05, 0.1) is 18.7 Å². The van der Waals surface area contributed by atoms with Crippen molar-refractivity contribution in [2.75, 3.05) is 27.3 Å². The highest BCUT2D eigenvalue weighted by atomic mass is 79.9. The van der Waals surface area contributed by atoms with E-state index in [1.807, 2.05) is 0 Å². The Morgan fingerprint density at radius 2 is 2.21 bits per heavy atom. The quantitative estimate of drug-likeness (QED) is 0.919. The number of ether oxygens (including phenoxy) is 2. The van der Waals surface area contributed by atoms with Crippen molar-refractivity contribution in [1.29, 1.82) is 0 Å². The zero-order chi connectivity index (χ0) is 13.8. The van der Waals surface area contributed by atoms with Crippen LogP contribution in [0.25, 0.3) is 0 Å². The molecule has 1 aromatic rings. The van der Waals surface area contributed by atoms with Gasteiger partial charge in [-0.1, -0.05) is 0 Å². The van der Waals surface area contributed by atoms with E-state index in [2.05, 4.69) is 21.2 Å². The second-order valence-electron chi connectivity index (χ2n) is 4.82. The van der Waals surface area contributed by atoms with Gasteiger partial charge in [-0.2, -0.15) is 0 Å². The van der Waals surface area contributed by atoms with Crippen LogP contribution in [-0.4, -0.2) is 27.3 Å². The van der Waals surface area contributed by atoms with Gasteiger partial charge in [-0.3, -0.25) is 0 Å². The molecule has 0 saturated carbocycles. The van der Waals surface area contributed by atoms with E-state index in [9.17, 15) is 4.39 Å². The summed E-state index contributed by atoms with van der Waals surface area (Å²) >= 11 is 3.25. The van der Waals surface area contributed by atoms with E-state index in [-0.39, 0.29) is 5.82 Å². The first-order valence-corrected chi connectivity index (χ1v) is 7.26. The molecule has 1 aliphatic rings. The Hall–Kier alpha value is -0.810. The minimum atomic E-state index is -0.247. The lowest BCUT2D eigenvalue weighted by Gasteiger charge is -2.23. The average molecular weight is 332 g/mol. The molecule has 106 valence electrons. The molecular formula is C14H19BrFNO2. The van der Waals surface area contributed by atoms with Crippen LogP contribution in [0.15, 0.2) is 10.5 Å². The molecule has 0 aromatic heterocycles. The Morgan fingerprint density at radius 3 is 2.79 bits per heavy atom. The number of benzene rings is 1. The summed E-state index contributed by atoms with van der Waals surface area (Å²) < 4.78 is 25.1. The van der Waals surface area contributed by atoms with Gasteiger partial charge >= 0.3 is 0 Å². The number of piperidine rings is 1. The molecule has 1 aliphatic heterocycles. The molecule has 5 heteroatoms. The van der Waals surface area contributed by atoms with Crippen LogP contribution in [0.5, 0.6) is 11.5 Å². The minimum absolute atomic E-state index is 0.247. The van der Waals surface area contributed by atoms with Crippen LogP contribution in [0.4, 0.5) is 4.39 Å². The van der Waals surface area contributed by atoms with Crippen molar-refractivity contribution in [1.82, 2.24) is 5.32 Å². The van der Waals surface area contributed by atoms with Gasteiger partial charge in [-0.15, -0.1) is 0 Å². The molecule has 1 unspecified atom stereocenters. The Kier molecular flexibility index (Phi) is 5.05. The molecule has 3 nitrogen and oxygen atoms in total. The molecular weight excluding hydrogens is 313 g/mol. The fraction of sp³-hybridized carbons (Fsp3) is 0.571. The minimum Gasteiger partial charge on any atom is -0.493 e. The molecule has 0 radical (unpaired) electrons. The maximum atomic E-state index is 14.3. The van der Waals surface area contributed by atoms with Crippen LogP contribution < -0.4 is 14.8 Å². The van der Waals surface area contributed by atoms with Crippen molar-refractivity contribution in [3.8, 4) is 11.5 Å². The molecule has 1 aromatic carbocycles. The molecule has 0 amide bonds. The highest BCUT2D eigenvalue weighted by molar-refractivity contribution is 9.10. The number of methoxy groups -OCH3 is 2. The summed E-state index contributed by atoms with van der Waals surface area (Å²) in [7, 11) is 3.07. The van der Waals surface area contributed by atoms with Crippen LogP contribution >= 0.6 is 15.9 Å². The highest BCUT2D eigenvalue weighted by Gasteiger charge is 2.21. The number of halogens is 2. The summed E-state index contributed by atoms with van der Waals surface area (Å²) in [5, 5.41) is 3.35. The van der Waals surface area contributed by atoms with E-state index in [4.69, 9.17) is 9.47 Å². The topological polar surface area (TPSA) is 30.5 Å². The van der Waals surface area contributed by atoms with E-state index >= 15 is 0 Å². The standard InChI is InChI=1S/C14H19BrFNO2/c1-18-11-7-10(6-9-4-3-5-17-8-9)13(16)12(15)14(11)19-2/h7,9,17H,3-6,8H2,1-2H3. The summed E-state index contributed by atoms with van der Waals surface area (Å²) in [6.07, 6.45) is 3.01. The molecule has 0 aliphatic carbocycles. The summed E-state index contributed by atoms with van der Waals surface area (Å²) in [5.41, 5.74) is 0.679. The fourth-order valence-electron chi connectivity index (χ4n) is 2.54. The fourth-order valence-corrected chi connectivity index (χ4v) is 3.15. The van der Waals surface area contributed by atoms with Crippen molar-refractivity contribution in [3.05, 3.63) is 21.9 Å². The third-order valence-corrected chi connectivity index (χ3v) is 4.24. The number of hydrogen-bond donors (Lipinski definition) is 1. The zero-order valence-electron chi connectivity index (χ0n) is 11.3. The highest BCUT2D eigenvalue weighted by Crippen LogP contribution is 2.39. The summed E-state index contributed by atoms with van der Waals surface area (Å²) in [6, 6.07) is 1.74. The predicted octanol–water partition coefficient (Wildman–Crippen LogP) is 3.15. The molecule has 1 fully saturated rings. The first kappa shape index (κ1) is 14.6. The Balaban J connectivity index is 2.26. The van der Waals surface area contributed by atoms with E-state index in [0.717, 1.165) is 32.4 Å². The SMILES string of the molecule is COc1cc(CC2CCCNC2)c(F)c(Br)c1OC. The molecule has 1 heterocycles. The lowest BCUT2D eigenvalue weighted by molar-refractivity contribution is 0.345. The van der Waals surface area contributed by atoms with Crippen LogP contribution in [-0.2, 0) is 6.42 Å². The third kappa shape index (κ3) is 3.20. The van der Waals surface area contributed by atoms with E-state index in [1.165, 1.54) is 7.11 Å². The Labute approximate surface area is 121 Å². The second kappa shape index (κ2) is 6.57. The van der Waals surface area contributed by atoms with Gasteiger partial charge in [0.15, 0.2) is 11.5 Å². The number of rotatable bonds is 4. The molecule has 1 saturated heterocycles. The van der Waals surface area contributed by atoms with Gasteiger partial charge in [0.2, 0.25) is 0 Å². The monoisotopic (exact) mass is 331 g/mol. The number of hydrogen-bond acceptors (Lipinski definition) is 3. The molecule has 19 heavy (non-hydrogen) atoms. The predicted molar refractivity (Wildman–Crippen MR) is 76.5 cm³/mol. The van der Waals surface area contributed by atoms with Crippen molar-refractivity contribution >= 4 is 15.9 Å². The molecule has 1 N–H and O–H groups in total. The smallest absolute Gasteiger partial charge is 0.177 e. The van der Waals surface area contributed by atoms with E-state index < -0.39 is 0 Å². The summed E-state index contributed by atoms with van der Waals surface area (Å²) in [5.74, 6) is 1.21. The summed E-state index contributed by atoms with van der Waals surface area (Å²) in [4.78, 5) is 0. The maximum Gasteiger partial charge on any atom is 0.177 e. The molecule has 2 rings (SSSR count). The third-order valence-electron chi connectivity index (χ3n) is 3.53.